The van der Waals surface area contributed by atoms with Crippen LogP contribution in [0.25, 0.3) is 0 Å². The van der Waals surface area contributed by atoms with Crippen LogP contribution in [0.3, 0.4) is 0 Å². The first-order valence-electron chi connectivity index (χ1n) is 6.73. The zero-order valence-electron chi connectivity index (χ0n) is 11.5. The number of rotatable bonds is 6. The number of anilines is 1. The van der Waals surface area contributed by atoms with Crippen molar-refractivity contribution in [3.8, 4) is 0 Å². The molecule has 1 aromatic heterocycles. The molecule has 0 aliphatic carbocycles. The van der Waals surface area contributed by atoms with Crippen molar-refractivity contribution in [2.75, 3.05) is 31.6 Å². The summed E-state index contributed by atoms with van der Waals surface area (Å²) in [6, 6.07) is 0.316. The Morgan fingerprint density at radius 1 is 1.67 bits per heavy atom. The summed E-state index contributed by atoms with van der Waals surface area (Å²) in [5.74, 6) is 0. The van der Waals surface area contributed by atoms with Crippen LogP contribution in [-0.4, -0.2) is 37.8 Å². The average molecular weight is 269 g/mol. The molecule has 0 saturated carbocycles. The second kappa shape index (κ2) is 6.50. The van der Waals surface area contributed by atoms with E-state index in [4.69, 9.17) is 9.72 Å². The third-order valence-electron chi connectivity index (χ3n) is 3.49. The molecule has 1 aliphatic rings. The van der Waals surface area contributed by atoms with Gasteiger partial charge in [-0.15, -0.1) is 11.3 Å². The van der Waals surface area contributed by atoms with Crippen LogP contribution in [0.1, 0.15) is 38.4 Å². The van der Waals surface area contributed by atoms with E-state index >= 15 is 0 Å². The van der Waals surface area contributed by atoms with Crippen LogP contribution in [0.2, 0.25) is 0 Å². The van der Waals surface area contributed by atoms with Crippen molar-refractivity contribution in [1.82, 2.24) is 10.3 Å². The lowest BCUT2D eigenvalue weighted by Crippen LogP contribution is -2.32. The SMILES string of the molecule is CCN(CC1CCCO1)c1nc(C(C)NC)cs1. The van der Waals surface area contributed by atoms with E-state index in [0.717, 1.165) is 30.5 Å². The number of aromatic nitrogens is 1. The standard InChI is InChI=1S/C13H23N3OS/c1-4-16(8-11-6-5-7-17-11)13-15-12(9-18-13)10(2)14-3/h9-11,14H,4-8H2,1-3H3. The molecule has 2 atom stereocenters. The van der Waals surface area contributed by atoms with Gasteiger partial charge in [-0.25, -0.2) is 4.98 Å². The smallest absolute Gasteiger partial charge is 0.185 e. The predicted octanol–water partition coefficient (Wildman–Crippen LogP) is 2.43. The summed E-state index contributed by atoms with van der Waals surface area (Å²) in [7, 11) is 1.97. The molecule has 0 amide bonds. The minimum atomic E-state index is 0.316. The highest BCUT2D eigenvalue weighted by Gasteiger charge is 2.20. The van der Waals surface area contributed by atoms with E-state index in [9.17, 15) is 0 Å². The summed E-state index contributed by atoms with van der Waals surface area (Å²) >= 11 is 1.73. The molecular weight excluding hydrogens is 246 g/mol. The van der Waals surface area contributed by atoms with E-state index in [1.54, 1.807) is 11.3 Å². The van der Waals surface area contributed by atoms with Gasteiger partial charge >= 0.3 is 0 Å². The topological polar surface area (TPSA) is 37.4 Å². The Morgan fingerprint density at radius 2 is 2.50 bits per heavy atom. The van der Waals surface area contributed by atoms with Gasteiger partial charge in [0, 0.05) is 31.1 Å². The Labute approximate surface area is 113 Å². The first-order chi connectivity index (χ1) is 8.74. The molecular formula is C13H23N3OS. The predicted molar refractivity (Wildman–Crippen MR) is 76.4 cm³/mol. The maximum absolute atomic E-state index is 5.71. The molecule has 5 heteroatoms. The molecule has 1 aliphatic heterocycles. The summed E-state index contributed by atoms with van der Waals surface area (Å²) in [6.45, 7) is 7.19. The summed E-state index contributed by atoms with van der Waals surface area (Å²) < 4.78 is 5.71. The minimum Gasteiger partial charge on any atom is -0.376 e. The fraction of sp³-hybridized carbons (Fsp3) is 0.769. The Hall–Kier alpha value is -0.650. The van der Waals surface area contributed by atoms with Gasteiger partial charge in [-0.05, 0) is 33.7 Å². The van der Waals surface area contributed by atoms with Crippen LogP contribution in [0.4, 0.5) is 5.13 Å². The van der Waals surface area contributed by atoms with Crippen molar-refractivity contribution in [3.05, 3.63) is 11.1 Å². The number of hydrogen-bond donors (Lipinski definition) is 1. The summed E-state index contributed by atoms with van der Waals surface area (Å²) in [5, 5.41) is 6.49. The lowest BCUT2D eigenvalue weighted by molar-refractivity contribution is 0.115. The summed E-state index contributed by atoms with van der Waals surface area (Å²) in [6.07, 6.45) is 2.77. The zero-order chi connectivity index (χ0) is 13.0. The van der Waals surface area contributed by atoms with E-state index in [1.165, 1.54) is 12.8 Å². The Kier molecular flexibility index (Phi) is 4.97. The Bertz CT molecular complexity index is 363. The number of hydrogen-bond acceptors (Lipinski definition) is 5. The lowest BCUT2D eigenvalue weighted by atomic mass is 10.2. The van der Waals surface area contributed by atoms with Crippen LogP contribution in [0, 0.1) is 0 Å². The van der Waals surface area contributed by atoms with Gasteiger partial charge in [0.25, 0.3) is 0 Å². The molecule has 0 radical (unpaired) electrons. The highest BCUT2D eigenvalue weighted by Crippen LogP contribution is 2.25. The van der Waals surface area contributed by atoms with Crippen molar-refractivity contribution in [2.24, 2.45) is 0 Å². The number of nitrogens with one attached hydrogen (secondary N) is 1. The van der Waals surface area contributed by atoms with Gasteiger partial charge in [0.1, 0.15) is 0 Å². The second-order valence-electron chi connectivity index (χ2n) is 4.74. The van der Waals surface area contributed by atoms with Crippen molar-refractivity contribution in [2.45, 2.75) is 38.8 Å². The molecule has 102 valence electrons. The number of likely N-dealkylation sites (N-methyl/N-ethyl adjacent to an activating group) is 1. The Morgan fingerprint density at radius 3 is 3.11 bits per heavy atom. The molecule has 0 bridgehead atoms. The van der Waals surface area contributed by atoms with Gasteiger partial charge in [-0.1, -0.05) is 0 Å². The normalized spacial score (nSPS) is 21.2. The van der Waals surface area contributed by atoms with E-state index in [-0.39, 0.29) is 0 Å². The molecule has 1 fully saturated rings. The molecule has 2 heterocycles. The molecule has 2 rings (SSSR count). The Balaban J connectivity index is 2.00. The number of nitrogens with zero attached hydrogens (tertiary/aromatic N) is 2. The average Bonchev–Trinajstić information content (AvgIpc) is 3.05. The third-order valence-corrected chi connectivity index (χ3v) is 4.41. The fourth-order valence-electron chi connectivity index (χ4n) is 2.14. The van der Waals surface area contributed by atoms with Crippen LogP contribution in [0.15, 0.2) is 5.38 Å². The third kappa shape index (κ3) is 3.22. The summed E-state index contributed by atoms with van der Waals surface area (Å²) in [5.41, 5.74) is 1.13. The van der Waals surface area contributed by atoms with Gasteiger partial charge in [-0.3, -0.25) is 0 Å². The monoisotopic (exact) mass is 269 g/mol. The van der Waals surface area contributed by atoms with Crippen molar-refractivity contribution in [3.63, 3.8) is 0 Å². The molecule has 1 N–H and O–H groups in total. The van der Waals surface area contributed by atoms with Gasteiger partial charge in [0.15, 0.2) is 5.13 Å². The highest BCUT2D eigenvalue weighted by atomic mass is 32.1. The van der Waals surface area contributed by atoms with E-state index in [1.807, 2.05) is 7.05 Å². The first kappa shape index (κ1) is 13.8. The zero-order valence-corrected chi connectivity index (χ0v) is 12.3. The van der Waals surface area contributed by atoms with E-state index < -0.39 is 0 Å². The van der Waals surface area contributed by atoms with E-state index in [0.29, 0.717) is 12.1 Å². The number of ether oxygens (including phenoxy) is 1. The molecule has 18 heavy (non-hydrogen) atoms. The van der Waals surface area contributed by atoms with Gasteiger partial charge < -0.3 is 15.0 Å². The lowest BCUT2D eigenvalue weighted by Gasteiger charge is -2.23. The molecule has 0 spiro atoms. The first-order valence-corrected chi connectivity index (χ1v) is 7.61. The molecule has 1 saturated heterocycles. The summed E-state index contributed by atoms with van der Waals surface area (Å²) in [4.78, 5) is 7.05. The van der Waals surface area contributed by atoms with Gasteiger partial charge in [-0.2, -0.15) is 0 Å². The minimum absolute atomic E-state index is 0.316. The van der Waals surface area contributed by atoms with Crippen LogP contribution >= 0.6 is 11.3 Å². The largest absolute Gasteiger partial charge is 0.376 e. The quantitative estimate of drug-likeness (QED) is 0.860. The second-order valence-corrected chi connectivity index (χ2v) is 5.58. The molecule has 4 nitrogen and oxygen atoms in total. The van der Waals surface area contributed by atoms with Crippen molar-refractivity contribution >= 4 is 16.5 Å². The van der Waals surface area contributed by atoms with E-state index in [2.05, 4.69) is 29.4 Å². The fourth-order valence-corrected chi connectivity index (χ4v) is 3.14. The number of thiazole rings is 1. The molecule has 1 aromatic rings. The molecule has 0 aromatic carbocycles. The van der Waals surface area contributed by atoms with Crippen LogP contribution in [0.5, 0.6) is 0 Å². The van der Waals surface area contributed by atoms with Gasteiger partial charge in [0.05, 0.1) is 11.8 Å². The van der Waals surface area contributed by atoms with Crippen molar-refractivity contribution in [1.29, 1.82) is 0 Å². The maximum atomic E-state index is 5.71. The maximum Gasteiger partial charge on any atom is 0.185 e. The van der Waals surface area contributed by atoms with Gasteiger partial charge in [0.2, 0.25) is 0 Å². The van der Waals surface area contributed by atoms with Crippen LogP contribution < -0.4 is 10.2 Å². The van der Waals surface area contributed by atoms with Crippen molar-refractivity contribution < 1.29 is 4.74 Å². The highest BCUT2D eigenvalue weighted by molar-refractivity contribution is 7.13. The molecule has 2 unspecified atom stereocenters. The van der Waals surface area contributed by atoms with Crippen LogP contribution in [-0.2, 0) is 4.74 Å².